The van der Waals surface area contributed by atoms with Crippen LogP contribution >= 0.6 is 23.1 Å². The Morgan fingerprint density at radius 3 is 2.57 bits per heavy atom. The first-order valence-electron chi connectivity index (χ1n) is 14.3. The molecule has 2 fully saturated rings. The molecule has 4 heterocycles. The number of carbonyl (C=O) groups excluding carboxylic acids is 1. The first-order valence-corrected chi connectivity index (χ1v) is 16.0. The molecule has 1 unspecified atom stereocenters. The lowest BCUT2D eigenvalue weighted by Crippen LogP contribution is -2.49. The molecule has 42 heavy (non-hydrogen) atoms. The summed E-state index contributed by atoms with van der Waals surface area (Å²) in [6, 6.07) is 11.4. The molecule has 5 rings (SSSR count). The van der Waals surface area contributed by atoms with Crippen molar-refractivity contribution in [2.75, 3.05) is 24.5 Å². The molecule has 1 N–H and O–H groups in total. The van der Waals surface area contributed by atoms with Crippen molar-refractivity contribution in [2.45, 2.75) is 68.6 Å². The third-order valence-corrected chi connectivity index (χ3v) is 9.71. The third-order valence-electron chi connectivity index (χ3n) is 7.97. The monoisotopic (exact) mass is 603 g/mol. The minimum Gasteiger partial charge on any atom is -0.478 e. The highest BCUT2D eigenvalue weighted by molar-refractivity contribution is 7.99. The minimum atomic E-state index is -0.926. The molecule has 3 aromatic rings. The van der Waals surface area contributed by atoms with E-state index in [1.165, 1.54) is 34.2 Å². The second kappa shape index (κ2) is 13.7. The fourth-order valence-electron chi connectivity index (χ4n) is 5.59. The largest absolute Gasteiger partial charge is 0.478 e. The molecule has 2 amide bonds. The molecule has 2 saturated heterocycles. The van der Waals surface area contributed by atoms with Gasteiger partial charge in [0.1, 0.15) is 5.03 Å². The zero-order valence-electron chi connectivity index (χ0n) is 24.3. The molecular formula is C32H37N5O3S2. The molecular weight excluding hydrogens is 567 g/mol. The summed E-state index contributed by atoms with van der Waals surface area (Å²) in [7, 11) is 0. The SMILES string of the molecule is C/C=C\C/C=C(\C)C1CN(c2nccs2)C(=O)N1C1CCN(Cc2ccc(Sc3ccc(C(=O)O)cc3)nc2C)CC1. The number of carbonyl (C=O) groups is 2. The maximum atomic E-state index is 13.7. The summed E-state index contributed by atoms with van der Waals surface area (Å²) in [4.78, 5) is 41.5. The first-order chi connectivity index (χ1) is 20.3. The number of allylic oxidation sites excluding steroid dienone is 3. The van der Waals surface area contributed by atoms with Gasteiger partial charge in [0.05, 0.1) is 18.2 Å². The van der Waals surface area contributed by atoms with E-state index >= 15 is 0 Å². The van der Waals surface area contributed by atoms with Crippen molar-refractivity contribution < 1.29 is 14.7 Å². The molecule has 220 valence electrons. The van der Waals surface area contributed by atoms with Crippen LogP contribution in [0.3, 0.4) is 0 Å². The summed E-state index contributed by atoms with van der Waals surface area (Å²) in [5, 5.41) is 12.7. The number of piperidine rings is 1. The zero-order valence-corrected chi connectivity index (χ0v) is 25.9. The van der Waals surface area contributed by atoms with Crippen molar-refractivity contribution in [2.24, 2.45) is 0 Å². The van der Waals surface area contributed by atoms with E-state index in [-0.39, 0.29) is 23.7 Å². The van der Waals surface area contributed by atoms with Gasteiger partial charge in [-0.15, -0.1) is 11.3 Å². The number of benzene rings is 1. The van der Waals surface area contributed by atoms with Gasteiger partial charge < -0.3 is 10.0 Å². The van der Waals surface area contributed by atoms with Crippen molar-refractivity contribution in [1.82, 2.24) is 19.8 Å². The lowest BCUT2D eigenvalue weighted by molar-refractivity contribution is 0.0696. The van der Waals surface area contributed by atoms with E-state index in [4.69, 9.17) is 10.1 Å². The minimum absolute atomic E-state index is 0.0556. The highest BCUT2D eigenvalue weighted by Gasteiger charge is 2.44. The van der Waals surface area contributed by atoms with Gasteiger partial charge in [-0.25, -0.2) is 19.6 Å². The topological polar surface area (TPSA) is 89.9 Å². The standard InChI is InChI=1S/C32H37N5O3S2/c1-4-5-6-7-22(2)28-21-36(31-33-16-19-41-31)32(40)37(28)26-14-17-35(18-15-26)20-25-10-13-29(34-23(25)3)42-27-11-8-24(9-12-27)30(38)39/h4-5,7-13,16,19,26,28H,6,14-15,17-18,20-21H2,1-3H3,(H,38,39)/b5-4-,22-7+. The number of aromatic carboxylic acids is 1. The molecule has 0 aliphatic carbocycles. The smallest absolute Gasteiger partial charge is 0.335 e. The Bertz CT molecular complexity index is 1450. The Hall–Kier alpha value is -3.47. The number of nitrogens with zero attached hydrogens (tertiary/aromatic N) is 5. The number of thiazole rings is 1. The van der Waals surface area contributed by atoms with Crippen LogP contribution in [0.1, 0.15) is 54.7 Å². The normalized spacial score (nSPS) is 18.9. The first kappa shape index (κ1) is 30.0. The lowest BCUT2D eigenvalue weighted by Gasteiger charge is -2.39. The van der Waals surface area contributed by atoms with Gasteiger partial charge in [-0.05, 0) is 75.9 Å². The van der Waals surface area contributed by atoms with Gasteiger partial charge in [-0.1, -0.05) is 41.6 Å². The lowest BCUT2D eigenvalue weighted by atomic mass is 9.98. The summed E-state index contributed by atoms with van der Waals surface area (Å²) in [6.07, 6.45) is 10.9. The summed E-state index contributed by atoms with van der Waals surface area (Å²) in [5.41, 5.74) is 3.72. The van der Waals surface area contributed by atoms with Gasteiger partial charge in [0.15, 0.2) is 5.13 Å². The number of rotatable bonds is 10. The third kappa shape index (κ3) is 6.94. The van der Waals surface area contributed by atoms with Gasteiger partial charge in [-0.3, -0.25) is 9.80 Å². The second-order valence-corrected chi connectivity index (χ2v) is 12.7. The average molecular weight is 604 g/mol. The van der Waals surface area contributed by atoms with Crippen LogP contribution in [0, 0.1) is 6.92 Å². The van der Waals surface area contributed by atoms with Crippen molar-refractivity contribution >= 4 is 40.2 Å². The summed E-state index contributed by atoms with van der Waals surface area (Å²) >= 11 is 3.04. The summed E-state index contributed by atoms with van der Waals surface area (Å²) in [5.74, 6) is -0.926. The van der Waals surface area contributed by atoms with Crippen molar-refractivity contribution in [3.05, 3.63) is 88.6 Å². The van der Waals surface area contributed by atoms with Crippen LogP contribution in [0.15, 0.2) is 81.7 Å². The number of aromatic nitrogens is 2. The maximum absolute atomic E-state index is 13.7. The number of pyridine rings is 1. The number of carboxylic acids is 1. The number of carboxylic acid groups (broad SMARTS) is 1. The molecule has 10 heteroatoms. The zero-order chi connectivity index (χ0) is 29.6. The highest BCUT2D eigenvalue weighted by Crippen LogP contribution is 2.34. The Kier molecular flexibility index (Phi) is 9.76. The van der Waals surface area contributed by atoms with Gasteiger partial charge in [-0.2, -0.15) is 0 Å². The molecule has 1 aromatic carbocycles. The van der Waals surface area contributed by atoms with E-state index in [2.05, 4.69) is 46.0 Å². The quantitative estimate of drug-likeness (QED) is 0.253. The van der Waals surface area contributed by atoms with Crippen LogP contribution in [-0.4, -0.2) is 68.6 Å². The maximum Gasteiger partial charge on any atom is 0.335 e. The fraction of sp³-hybridized carbons (Fsp3) is 0.375. The molecule has 1 atom stereocenters. The average Bonchev–Trinajstić information content (AvgIpc) is 3.63. The van der Waals surface area contributed by atoms with E-state index in [0.717, 1.165) is 59.6 Å². The van der Waals surface area contributed by atoms with Crippen molar-refractivity contribution in [3.63, 3.8) is 0 Å². The van der Waals surface area contributed by atoms with Crippen LogP contribution in [0.25, 0.3) is 0 Å². The van der Waals surface area contributed by atoms with Gasteiger partial charge in [0.25, 0.3) is 0 Å². The number of hydrogen-bond donors (Lipinski definition) is 1. The van der Waals surface area contributed by atoms with Crippen LogP contribution in [-0.2, 0) is 6.54 Å². The van der Waals surface area contributed by atoms with Crippen LogP contribution in [0.4, 0.5) is 9.93 Å². The Balaban J connectivity index is 1.21. The number of anilines is 1. The number of likely N-dealkylation sites (tertiary alicyclic amines) is 1. The van der Waals surface area contributed by atoms with E-state index < -0.39 is 5.97 Å². The predicted octanol–water partition coefficient (Wildman–Crippen LogP) is 6.88. The Morgan fingerprint density at radius 2 is 1.93 bits per heavy atom. The molecule has 0 bridgehead atoms. The van der Waals surface area contributed by atoms with E-state index in [1.54, 1.807) is 18.3 Å². The molecule has 2 aliphatic heterocycles. The molecule has 2 aromatic heterocycles. The van der Waals surface area contributed by atoms with Crippen LogP contribution in [0.5, 0.6) is 0 Å². The summed E-state index contributed by atoms with van der Waals surface area (Å²) in [6.45, 7) is 9.54. The van der Waals surface area contributed by atoms with Crippen molar-refractivity contribution in [3.8, 4) is 0 Å². The predicted molar refractivity (Wildman–Crippen MR) is 168 cm³/mol. The van der Waals surface area contributed by atoms with Crippen molar-refractivity contribution in [1.29, 1.82) is 0 Å². The number of aryl methyl sites for hydroxylation is 1. The molecule has 2 aliphatic rings. The second-order valence-electron chi connectivity index (χ2n) is 10.7. The van der Waals surface area contributed by atoms with Gasteiger partial charge in [0.2, 0.25) is 0 Å². The number of hydrogen-bond acceptors (Lipinski definition) is 7. The van der Waals surface area contributed by atoms with Crippen LogP contribution in [0.2, 0.25) is 0 Å². The van der Waals surface area contributed by atoms with Crippen LogP contribution < -0.4 is 4.90 Å². The number of amides is 2. The Labute approximate surface area is 255 Å². The van der Waals surface area contributed by atoms with E-state index in [0.29, 0.717) is 6.54 Å². The highest BCUT2D eigenvalue weighted by atomic mass is 32.2. The van der Waals surface area contributed by atoms with E-state index in [1.807, 2.05) is 42.3 Å². The Morgan fingerprint density at radius 1 is 1.17 bits per heavy atom. The molecule has 0 spiro atoms. The van der Waals surface area contributed by atoms with Gasteiger partial charge >= 0.3 is 12.0 Å². The molecule has 0 saturated carbocycles. The fourth-order valence-corrected chi connectivity index (χ4v) is 7.07. The number of urea groups is 1. The molecule has 8 nitrogen and oxygen atoms in total. The van der Waals surface area contributed by atoms with E-state index in [9.17, 15) is 9.59 Å². The summed E-state index contributed by atoms with van der Waals surface area (Å²) < 4.78 is 0. The molecule has 0 radical (unpaired) electrons. The van der Waals surface area contributed by atoms with Gasteiger partial charge in [0, 0.05) is 47.8 Å².